The summed E-state index contributed by atoms with van der Waals surface area (Å²) in [6, 6.07) is 15.6. The number of nitrogens with one attached hydrogen (secondary N) is 1. The Morgan fingerprint density at radius 1 is 0.963 bits per heavy atom. The fourth-order valence-electron chi connectivity index (χ4n) is 2.81. The van der Waals surface area contributed by atoms with Gasteiger partial charge in [0.2, 0.25) is 0 Å². The third-order valence-corrected chi connectivity index (χ3v) is 5.19. The molecule has 1 amide bonds. The molecule has 1 N–H and O–H groups in total. The molecule has 0 aliphatic carbocycles. The summed E-state index contributed by atoms with van der Waals surface area (Å²) in [5, 5.41) is 4.67. The van der Waals surface area contributed by atoms with Gasteiger partial charge in [-0.15, -0.1) is 11.3 Å². The van der Waals surface area contributed by atoms with Crippen LogP contribution in [0, 0.1) is 20.8 Å². The maximum absolute atomic E-state index is 12.5. The van der Waals surface area contributed by atoms with E-state index in [1.807, 2.05) is 74.7 Å². The Morgan fingerprint density at radius 2 is 1.63 bits per heavy atom. The second-order valence-electron chi connectivity index (χ2n) is 6.42. The summed E-state index contributed by atoms with van der Waals surface area (Å²) in [4.78, 5) is 25.2. The van der Waals surface area contributed by atoms with Gasteiger partial charge < -0.3 is 10.1 Å². The number of rotatable bonds is 5. The summed E-state index contributed by atoms with van der Waals surface area (Å²) in [7, 11) is 0. The van der Waals surface area contributed by atoms with Crippen molar-refractivity contribution in [3.8, 4) is 11.1 Å². The SMILES string of the molecule is Cc1ccc(-c2ccsc2C(=O)OCC(=O)Nc2c(C)cccc2C)cc1. The van der Waals surface area contributed by atoms with Crippen LogP contribution >= 0.6 is 11.3 Å². The van der Waals surface area contributed by atoms with Crippen molar-refractivity contribution in [1.82, 2.24) is 0 Å². The molecule has 0 radical (unpaired) electrons. The minimum Gasteiger partial charge on any atom is -0.451 e. The minimum absolute atomic E-state index is 0.322. The predicted octanol–water partition coefficient (Wildman–Crippen LogP) is 5.14. The van der Waals surface area contributed by atoms with E-state index in [2.05, 4.69) is 5.32 Å². The molecule has 0 saturated heterocycles. The Morgan fingerprint density at radius 3 is 2.30 bits per heavy atom. The molecule has 3 rings (SSSR count). The highest BCUT2D eigenvalue weighted by Gasteiger charge is 2.18. The van der Waals surface area contributed by atoms with Crippen LogP contribution < -0.4 is 5.32 Å². The number of aryl methyl sites for hydroxylation is 3. The molecule has 0 unspecified atom stereocenters. The highest BCUT2D eigenvalue weighted by Crippen LogP contribution is 2.29. The lowest BCUT2D eigenvalue weighted by Crippen LogP contribution is -2.21. The van der Waals surface area contributed by atoms with Crippen molar-refractivity contribution in [2.45, 2.75) is 20.8 Å². The first kappa shape index (κ1) is 18.9. The van der Waals surface area contributed by atoms with Gasteiger partial charge >= 0.3 is 5.97 Å². The van der Waals surface area contributed by atoms with Gasteiger partial charge in [0.1, 0.15) is 4.88 Å². The number of thiophene rings is 1. The second kappa shape index (κ2) is 8.18. The number of amides is 1. The summed E-state index contributed by atoms with van der Waals surface area (Å²) >= 11 is 1.31. The van der Waals surface area contributed by atoms with Crippen molar-refractivity contribution >= 4 is 28.9 Å². The van der Waals surface area contributed by atoms with Crippen molar-refractivity contribution in [2.24, 2.45) is 0 Å². The van der Waals surface area contributed by atoms with Gasteiger partial charge in [-0.05, 0) is 48.9 Å². The molecule has 27 heavy (non-hydrogen) atoms. The van der Waals surface area contributed by atoms with E-state index in [1.54, 1.807) is 0 Å². The van der Waals surface area contributed by atoms with Crippen LogP contribution in [0.3, 0.4) is 0 Å². The Kier molecular flexibility index (Phi) is 5.72. The molecule has 1 aromatic heterocycles. The molecule has 1 heterocycles. The zero-order chi connectivity index (χ0) is 19.4. The van der Waals surface area contributed by atoms with Gasteiger partial charge in [-0.2, -0.15) is 0 Å². The van der Waals surface area contributed by atoms with Crippen molar-refractivity contribution < 1.29 is 14.3 Å². The number of ether oxygens (including phenoxy) is 1. The van der Waals surface area contributed by atoms with E-state index >= 15 is 0 Å². The standard InChI is InChI=1S/C22H21NO3S/c1-14-7-9-17(10-8-14)18-11-12-27-21(18)22(25)26-13-19(24)23-20-15(2)5-4-6-16(20)3/h4-12H,13H2,1-3H3,(H,23,24). The van der Waals surface area contributed by atoms with Gasteiger partial charge in [0.25, 0.3) is 5.91 Å². The lowest BCUT2D eigenvalue weighted by molar-refractivity contribution is -0.119. The number of hydrogen-bond donors (Lipinski definition) is 1. The zero-order valence-electron chi connectivity index (χ0n) is 15.5. The maximum Gasteiger partial charge on any atom is 0.349 e. The molecular weight excluding hydrogens is 358 g/mol. The Balaban J connectivity index is 1.66. The monoisotopic (exact) mass is 379 g/mol. The average molecular weight is 379 g/mol. The van der Waals surface area contributed by atoms with E-state index in [-0.39, 0.29) is 12.5 Å². The lowest BCUT2D eigenvalue weighted by Gasteiger charge is -2.11. The van der Waals surface area contributed by atoms with Gasteiger partial charge in [-0.1, -0.05) is 48.0 Å². The van der Waals surface area contributed by atoms with Crippen LogP contribution in [0.1, 0.15) is 26.4 Å². The smallest absolute Gasteiger partial charge is 0.349 e. The number of anilines is 1. The van der Waals surface area contributed by atoms with Crippen LogP contribution in [0.4, 0.5) is 5.69 Å². The lowest BCUT2D eigenvalue weighted by atomic mass is 10.1. The third kappa shape index (κ3) is 4.44. The molecule has 0 atom stereocenters. The molecule has 5 heteroatoms. The molecule has 0 bridgehead atoms. The second-order valence-corrected chi connectivity index (χ2v) is 7.34. The molecule has 2 aromatic carbocycles. The summed E-state index contributed by atoms with van der Waals surface area (Å²) in [6.45, 7) is 5.54. The highest BCUT2D eigenvalue weighted by molar-refractivity contribution is 7.12. The quantitative estimate of drug-likeness (QED) is 0.625. The Labute approximate surface area is 162 Å². The third-order valence-electron chi connectivity index (χ3n) is 4.29. The highest BCUT2D eigenvalue weighted by atomic mass is 32.1. The summed E-state index contributed by atoms with van der Waals surface area (Å²) in [6.07, 6.45) is 0. The Hall–Kier alpha value is -2.92. The van der Waals surface area contributed by atoms with Crippen molar-refractivity contribution in [1.29, 1.82) is 0 Å². The van der Waals surface area contributed by atoms with Crippen molar-refractivity contribution in [3.63, 3.8) is 0 Å². The maximum atomic E-state index is 12.5. The van der Waals surface area contributed by atoms with Gasteiger partial charge in [-0.25, -0.2) is 4.79 Å². The number of carbonyl (C=O) groups is 2. The number of hydrogen-bond acceptors (Lipinski definition) is 4. The minimum atomic E-state index is -0.489. The largest absolute Gasteiger partial charge is 0.451 e. The van der Waals surface area contributed by atoms with E-state index in [0.29, 0.717) is 4.88 Å². The molecule has 3 aromatic rings. The van der Waals surface area contributed by atoms with Gasteiger partial charge in [0.15, 0.2) is 6.61 Å². The Bertz CT molecular complexity index is 953. The van der Waals surface area contributed by atoms with Crippen molar-refractivity contribution in [3.05, 3.63) is 75.5 Å². The average Bonchev–Trinajstić information content (AvgIpc) is 3.13. The van der Waals surface area contributed by atoms with Crippen LogP contribution in [0.15, 0.2) is 53.9 Å². The van der Waals surface area contributed by atoms with Crippen LogP contribution in [0.2, 0.25) is 0 Å². The number of carbonyl (C=O) groups excluding carboxylic acids is 2. The summed E-state index contributed by atoms with van der Waals surface area (Å²) in [5.41, 5.74) is 5.62. The molecule has 0 aliphatic heterocycles. The zero-order valence-corrected chi connectivity index (χ0v) is 16.4. The van der Waals surface area contributed by atoms with E-state index in [9.17, 15) is 9.59 Å². The predicted molar refractivity (Wildman–Crippen MR) is 109 cm³/mol. The molecule has 138 valence electrons. The van der Waals surface area contributed by atoms with E-state index in [1.165, 1.54) is 11.3 Å². The van der Waals surface area contributed by atoms with Crippen LogP contribution in [0.25, 0.3) is 11.1 Å². The molecule has 4 nitrogen and oxygen atoms in total. The summed E-state index contributed by atoms with van der Waals surface area (Å²) in [5.74, 6) is -0.841. The number of para-hydroxylation sites is 1. The van der Waals surface area contributed by atoms with E-state index in [0.717, 1.165) is 33.5 Å². The first-order chi connectivity index (χ1) is 13.0. The first-order valence-corrected chi connectivity index (χ1v) is 9.51. The van der Waals surface area contributed by atoms with Crippen LogP contribution in [0.5, 0.6) is 0 Å². The molecular formula is C22H21NO3S. The topological polar surface area (TPSA) is 55.4 Å². The summed E-state index contributed by atoms with van der Waals surface area (Å²) < 4.78 is 5.25. The van der Waals surface area contributed by atoms with E-state index < -0.39 is 5.97 Å². The molecule has 0 aliphatic rings. The number of esters is 1. The number of benzene rings is 2. The fraction of sp³-hybridized carbons (Fsp3) is 0.182. The van der Waals surface area contributed by atoms with Gasteiger partial charge in [-0.3, -0.25) is 4.79 Å². The fourth-order valence-corrected chi connectivity index (χ4v) is 3.62. The van der Waals surface area contributed by atoms with E-state index in [4.69, 9.17) is 4.74 Å². The molecule has 0 saturated carbocycles. The van der Waals surface area contributed by atoms with Gasteiger partial charge in [0.05, 0.1) is 0 Å². The normalized spacial score (nSPS) is 10.5. The van der Waals surface area contributed by atoms with Crippen LogP contribution in [-0.4, -0.2) is 18.5 Å². The molecule has 0 spiro atoms. The van der Waals surface area contributed by atoms with Crippen molar-refractivity contribution in [2.75, 3.05) is 11.9 Å². The first-order valence-electron chi connectivity index (χ1n) is 8.63. The van der Waals surface area contributed by atoms with Crippen LogP contribution in [-0.2, 0) is 9.53 Å². The van der Waals surface area contributed by atoms with Gasteiger partial charge in [0, 0.05) is 11.3 Å². The molecule has 0 fully saturated rings.